The molecule has 0 aliphatic carbocycles. The summed E-state index contributed by atoms with van der Waals surface area (Å²) in [5, 5.41) is 2.74. The van der Waals surface area contributed by atoms with Gasteiger partial charge < -0.3 is 14.8 Å². The topological polar surface area (TPSA) is 60.5 Å². The predicted molar refractivity (Wildman–Crippen MR) is 76.5 cm³/mol. The van der Waals surface area contributed by atoms with Crippen LogP contribution in [0.15, 0.2) is 36.5 Å². The lowest BCUT2D eigenvalue weighted by Gasteiger charge is -2.10. The molecule has 0 bridgehead atoms. The summed E-state index contributed by atoms with van der Waals surface area (Å²) in [7, 11) is 3.07. The van der Waals surface area contributed by atoms with Gasteiger partial charge in [0.1, 0.15) is 17.3 Å². The quantitative estimate of drug-likeness (QED) is 0.929. The van der Waals surface area contributed by atoms with Gasteiger partial charge in [0, 0.05) is 12.3 Å². The number of nitrogens with one attached hydrogen (secondary N) is 1. The molecule has 0 spiro atoms. The fraction of sp³-hybridized carbons (Fsp3) is 0.200. The molecule has 1 N–H and O–H groups in total. The molecule has 5 heteroatoms. The van der Waals surface area contributed by atoms with Gasteiger partial charge in [0.15, 0.2) is 0 Å². The molecule has 2 rings (SSSR count). The molecule has 0 atom stereocenters. The molecule has 0 aliphatic heterocycles. The van der Waals surface area contributed by atoms with Crippen molar-refractivity contribution in [3.8, 4) is 11.5 Å². The highest BCUT2D eigenvalue weighted by molar-refractivity contribution is 6.05. The van der Waals surface area contributed by atoms with Crippen LogP contribution in [-0.4, -0.2) is 25.1 Å². The van der Waals surface area contributed by atoms with Crippen LogP contribution in [0.25, 0.3) is 0 Å². The van der Waals surface area contributed by atoms with Crippen LogP contribution in [0.1, 0.15) is 15.9 Å². The molecular weight excluding hydrogens is 256 g/mol. The monoisotopic (exact) mass is 272 g/mol. The zero-order chi connectivity index (χ0) is 14.5. The molecule has 1 aromatic heterocycles. The van der Waals surface area contributed by atoms with Gasteiger partial charge in [-0.1, -0.05) is 0 Å². The predicted octanol–water partition coefficient (Wildman–Crippen LogP) is 2.66. The summed E-state index contributed by atoms with van der Waals surface area (Å²) < 4.78 is 10.3. The Hall–Kier alpha value is -2.56. The molecule has 1 heterocycles. The summed E-state index contributed by atoms with van der Waals surface area (Å²) in [5.74, 6) is 1.32. The van der Waals surface area contributed by atoms with Crippen LogP contribution in [0.4, 0.5) is 5.82 Å². The van der Waals surface area contributed by atoms with E-state index in [1.807, 2.05) is 13.0 Å². The molecule has 20 heavy (non-hydrogen) atoms. The lowest BCUT2D eigenvalue weighted by Crippen LogP contribution is -2.14. The smallest absolute Gasteiger partial charge is 0.260 e. The molecule has 0 saturated carbocycles. The number of methoxy groups -OCH3 is 2. The molecule has 5 nitrogen and oxygen atoms in total. The van der Waals surface area contributed by atoms with Crippen molar-refractivity contribution in [2.45, 2.75) is 6.92 Å². The summed E-state index contributed by atoms with van der Waals surface area (Å²) in [5.41, 5.74) is 1.45. The Kier molecular flexibility index (Phi) is 4.20. The number of hydrogen-bond donors (Lipinski definition) is 1. The number of aryl methyl sites for hydroxylation is 1. The Morgan fingerprint density at radius 2 is 1.95 bits per heavy atom. The van der Waals surface area contributed by atoms with Crippen LogP contribution in [0.2, 0.25) is 0 Å². The standard InChI is InChI=1S/C15H16N2O3/c1-10-6-7-16-14(8-10)17-15(18)12-5-4-11(19-2)9-13(12)20-3/h4-9H,1-3H3,(H,16,17,18). The Morgan fingerprint density at radius 1 is 1.15 bits per heavy atom. The van der Waals surface area contributed by atoms with E-state index in [4.69, 9.17) is 9.47 Å². The number of nitrogens with zero attached hydrogens (tertiary/aromatic N) is 1. The fourth-order valence-electron chi connectivity index (χ4n) is 1.77. The van der Waals surface area contributed by atoms with Crippen LogP contribution in [0.5, 0.6) is 11.5 Å². The summed E-state index contributed by atoms with van der Waals surface area (Å²) >= 11 is 0. The highest BCUT2D eigenvalue weighted by Crippen LogP contribution is 2.25. The first-order valence-electron chi connectivity index (χ1n) is 6.10. The van der Waals surface area contributed by atoms with Gasteiger partial charge in [-0.25, -0.2) is 4.98 Å². The van der Waals surface area contributed by atoms with E-state index in [9.17, 15) is 4.79 Å². The molecule has 0 saturated heterocycles. The van der Waals surface area contributed by atoms with Crippen LogP contribution in [0.3, 0.4) is 0 Å². The van der Waals surface area contributed by atoms with Crippen molar-refractivity contribution in [1.29, 1.82) is 0 Å². The molecule has 2 aromatic rings. The number of ether oxygens (including phenoxy) is 2. The van der Waals surface area contributed by atoms with E-state index < -0.39 is 0 Å². The SMILES string of the molecule is COc1ccc(C(=O)Nc2cc(C)ccn2)c(OC)c1. The lowest BCUT2D eigenvalue weighted by molar-refractivity contribution is 0.102. The molecule has 0 radical (unpaired) electrons. The second-order valence-corrected chi connectivity index (χ2v) is 4.24. The Labute approximate surface area is 117 Å². The lowest BCUT2D eigenvalue weighted by atomic mass is 10.1. The van der Waals surface area contributed by atoms with Gasteiger partial charge >= 0.3 is 0 Å². The summed E-state index contributed by atoms with van der Waals surface area (Å²) in [4.78, 5) is 16.3. The van der Waals surface area contributed by atoms with Crippen molar-refractivity contribution < 1.29 is 14.3 Å². The van der Waals surface area contributed by atoms with Crippen molar-refractivity contribution in [2.75, 3.05) is 19.5 Å². The van der Waals surface area contributed by atoms with Gasteiger partial charge in [-0.05, 0) is 36.8 Å². The number of carbonyl (C=O) groups is 1. The van der Waals surface area contributed by atoms with E-state index in [-0.39, 0.29) is 5.91 Å². The normalized spacial score (nSPS) is 9.95. The zero-order valence-corrected chi connectivity index (χ0v) is 11.6. The first kappa shape index (κ1) is 13.9. The average Bonchev–Trinajstić information content (AvgIpc) is 2.46. The number of carbonyl (C=O) groups excluding carboxylic acids is 1. The van der Waals surface area contributed by atoms with E-state index in [1.165, 1.54) is 7.11 Å². The highest BCUT2D eigenvalue weighted by atomic mass is 16.5. The molecule has 1 aromatic carbocycles. The van der Waals surface area contributed by atoms with Gasteiger partial charge in [-0.3, -0.25) is 4.79 Å². The van der Waals surface area contributed by atoms with Crippen molar-refractivity contribution in [2.24, 2.45) is 0 Å². The fourth-order valence-corrected chi connectivity index (χ4v) is 1.77. The minimum atomic E-state index is -0.275. The first-order chi connectivity index (χ1) is 9.63. The number of hydrogen-bond acceptors (Lipinski definition) is 4. The maximum atomic E-state index is 12.2. The number of benzene rings is 1. The van der Waals surface area contributed by atoms with Crippen molar-refractivity contribution in [1.82, 2.24) is 4.98 Å². The summed E-state index contributed by atoms with van der Waals surface area (Å²) in [6.07, 6.45) is 1.65. The minimum Gasteiger partial charge on any atom is -0.497 e. The third kappa shape index (κ3) is 3.06. The summed E-state index contributed by atoms with van der Waals surface area (Å²) in [6.45, 7) is 1.94. The molecular formula is C15H16N2O3. The van der Waals surface area contributed by atoms with Gasteiger partial charge in [0.05, 0.1) is 19.8 Å². The zero-order valence-electron chi connectivity index (χ0n) is 11.6. The second kappa shape index (κ2) is 6.06. The van der Waals surface area contributed by atoms with Gasteiger partial charge in [0.25, 0.3) is 5.91 Å². The van der Waals surface area contributed by atoms with E-state index in [0.717, 1.165) is 5.56 Å². The number of amides is 1. The Balaban J connectivity index is 2.25. The molecule has 0 unspecified atom stereocenters. The largest absolute Gasteiger partial charge is 0.497 e. The Bertz CT molecular complexity index is 626. The van der Waals surface area contributed by atoms with Gasteiger partial charge in [-0.15, -0.1) is 0 Å². The van der Waals surface area contributed by atoms with E-state index in [1.54, 1.807) is 37.6 Å². The van der Waals surface area contributed by atoms with Crippen molar-refractivity contribution in [3.63, 3.8) is 0 Å². The maximum absolute atomic E-state index is 12.2. The van der Waals surface area contributed by atoms with Crippen LogP contribution >= 0.6 is 0 Å². The maximum Gasteiger partial charge on any atom is 0.260 e. The van der Waals surface area contributed by atoms with Crippen molar-refractivity contribution >= 4 is 11.7 Å². The number of anilines is 1. The number of pyridine rings is 1. The Morgan fingerprint density at radius 3 is 2.60 bits per heavy atom. The van der Waals surface area contributed by atoms with E-state index in [0.29, 0.717) is 22.9 Å². The third-order valence-corrected chi connectivity index (χ3v) is 2.81. The summed E-state index contributed by atoms with van der Waals surface area (Å²) in [6, 6.07) is 8.69. The highest BCUT2D eigenvalue weighted by Gasteiger charge is 2.13. The first-order valence-corrected chi connectivity index (χ1v) is 6.10. The van der Waals surface area contributed by atoms with Crippen LogP contribution in [-0.2, 0) is 0 Å². The van der Waals surface area contributed by atoms with Crippen molar-refractivity contribution in [3.05, 3.63) is 47.7 Å². The molecule has 0 fully saturated rings. The van der Waals surface area contributed by atoms with Gasteiger partial charge in [0.2, 0.25) is 0 Å². The van der Waals surface area contributed by atoms with Crippen LogP contribution < -0.4 is 14.8 Å². The average molecular weight is 272 g/mol. The van der Waals surface area contributed by atoms with Gasteiger partial charge in [-0.2, -0.15) is 0 Å². The second-order valence-electron chi connectivity index (χ2n) is 4.24. The number of rotatable bonds is 4. The minimum absolute atomic E-state index is 0.275. The van der Waals surface area contributed by atoms with E-state index >= 15 is 0 Å². The molecule has 1 amide bonds. The van der Waals surface area contributed by atoms with E-state index in [2.05, 4.69) is 10.3 Å². The molecule has 0 aliphatic rings. The number of aromatic nitrogens is 1. The third-order valence-electron chi connectivity index (χ3n) is 2.81. The molecule has 104 valence electrons. The van der Waals surface area contributed by atoms with Crippen LogP contribution in [0, 0.1) is 6.92 Å².